The van der Waals surface area contributed by atoms with Gasteiger partial charge in [-0.1, -0.05) is 62.7 Å². The summed E-state index contributed by atoms with van der Waals surface area (Å²) < 4.78 is 1.85. The Hall–Kier alpha value is -2.34. The first kappa shape index (κ1) is 24.8. The molecule has 0 spiro atoms. The van der Waals surface area contributed by atoms with Crippen LogP contribution >= 0.6 is 34.7 Å². The van der Waals surface area contributed by atoms with E-state index in [-0.39, 0.29) is 17.1 Å². The predicted molar refractivity (Wildman–Crippen MR) is 139 cm³/mol. The van der Waals surface area contributed by atoms with E-state index in [0.717, 1.165) is 36.8 Å². The largest absolute Gasteiger partial charge is 0.316 e. The van der Waals surface area contributed by atoms with Crippen molar-refractivity contribution < 1.29 is 4.79 Å². The Morgan fingerprint density at radius 2 is 2.21 bits per heavy atom. The number of thiophene rings is 1. The summed E-state index contributed by atoms with van der Waals surface area (Å²) in [5, 5.41) is 23.2. The molecule has 1 aliphatic rings. The molecule has 0 saturated carbocycles. The van der Waals surface area contributed by atoms with Gasteiger partial charge in [0.1, 0.15) is 11.1 Å². The lowest BCUT2D eigenvalue weighted by Crippen LogP contribution is -2.28. The first-order valence-corrected chi connectivity index (χ1v) is 13.5. The Morgan fingerprint density at radius 3 is 2.91 bits per heavy atom. The summed E-state index contributed by atoms with van der Waals surface area (Å²) in [6.45, 7) is 6.89. The number of carbonyl (C=O) groups excluding carboxylic acids is 1. The number of hydrogen-bond acceptors (Lipinski definition) is 6. The van der Waals surface area contributed by atoms with Crippen LogP contribution in [0.2, 0.25) is 5.02 Å². The maximum absolute atomic E-state index is 12.8. The number of rotatable bonds is 7. The van der Waals surface area contributed by atoms with Gasteiger partial charge in [0, 0.05) is 22.5 Å². The number of thioether (sulfide) groups is 1. The predicted octanol–water partition coefficient (Wildman–Crippen LogP) is 6.34. The molecule has 1 aliphatic carbocycles. The fourth-order valence-corrected chi connectivity index (χ4v) is 6.56. The summed E-state index contributed by atoms with van der Waals surface area (Å²) in [4.78, 5) is 14.0. The highest BCUT2D eigenvalue weighted by molar-refractivity contribution is 7.99. The number of amides is 1. The quantitative estimate of drug-likeness (QED) is 0.372. The van der Waals surface area contributed by atoms with Crippen LogP contribution in [0.5, 0.6) is 0 Å². The van der Waals surface area contributed by atoms with E-state index in [2.05, 4.69) is 42.4 Å². The van der Waals surface area contributed by atoms with Gasteiger partial charge in [-0.15, -0.1) is 21.5 Å². The second-order valence-electron chi connectivity index (χ2n) is 9.31. The van der Waals surface area contributed by atoms with Crippen LogP contribution in [-0.2, 0) is 24.7 Å². The Kier molecular flexibility index (Phi) is 7.36. The molecule has 6 nitrogen and oxygen atoms in total. The van der Waals surface area contributed by atoms with E-state index >= 15 is 0 Å². The Bertz CT molecular complexity index is 1260. The van der Waals surface area contributed by atoms with Crippen molar-refractivity contribution in [2.75, 3.05) is 11.1 Å². The van der Waals surface area contributed by atoms with Gasteiger partial charge >= 0.3 is 0 Å². The molecule has 0 saturated heterocycles. The minimum absolute atomic E-state index is 0.155. The van der Waals surface area contributed by atoms with Crippen molar-refractivity contribution in [2.24, 2.45) is 18.4 Å². The maximum atomic E-state index is 12.8. The van der Waals surface area contributed by atoms with Crippen molar-refractivity contribution in [3.8, 4) is 17.5 Å². The van der Waals surface area contributed by atoms with Crippen molar-refractivity contribution in [3.05, 3.63) is 45.3 Å². The van der Waals surface area contributed by atoms with Crippen molar-refractivity contribution >= 4 is 45.6 Å². The van der Waals surface area contributed by atoms with Crippen LogP contribution in [0.3, 0.4) is 0 Å². The maximum Gasteiger partial charge on any atom is 0.235 e. The van der Waals surface area contributed by atoms with Crippen LogP contribution in [0, 0.1) is 22.7 Å². The summed E-state index contributed by atoms with van der Waals surface area (Å²) in [7, 11) is 1.87. The number of benzene rings is 1. The molecule has 0 bridgehead atoms. The van der Waals surface area contributed by atoms with Crippen LogP contribution < -0.4 is 5.32 Å². The summed E-state index contributed by atoms with van der Waals surface area (Å²) in [5.41, 5.74) is 2.89. The molecule has 2 heterocycles. The molecule has 2 aromatic heterocycles. The molecular weight excluding hydrogens is 486 g/mol. The third kappa shape index (κ3) is 5.02. The summed E-state index contributed by atoms with van der Waals surface area (Å²) in [6, 6.07) is 9.77. The molecule has 1 amide bonds. The zero-order valence-corrected chi connectivity index (χ0v) is 22.2. The van der Waals surface area contributed by atoms with Crippen LogP contribution in [0.15, 0.2) is 29.4 Å². The van der Waals surface area contributed by atoms with E-state index in [0.29, 0.717) is 32.5 Å². The number of nitriles is 1. The summed E-state index contributed by atoms with van der Waals surface area (Å²) >= 11 is 8.97. The number of nitrogens with zero attached hydrogens (tertiary/aromatic N) is 4. The van der Waals surface area contributed by atoms with Gasteiger partial charge in [-0.05, 0) is 48.3 Å². The molecule has 0 radical (unpaired) electrons. The average Bonchev–Trinajstić information content (AvgIpc) is 3.36. The van der Waals surface area contributed by atoms with Crippen molar-refractivity contribution in [1.82, 2.24) is 14.8 Å². The van der Waals surface area contributed by atoms with Crippen molar-refractivity contribution in [3.63, 3.8) is 0 Å². The highest BCUT2D eigenvalue weighted by atomic mass is 35.5. The fraction of sp³-hybridized carbons (Fsp3) is 0.440. The lowest BCUT2D eigenvalue weighted by atomic mass is 9.69. The van der Waals surface area contributed by atoms with Gasteiger partial charge < -0.3 is 9.88 Å². The Balaban J connectivity index is 1.43. The Labute approximate surface area is 213 Å². The molecule has 1 N–H and O–H groups in total. The first-order chi connectivity index (χ1) is 16.2. The van der Waals surface area contributed by atoms with Gasteiger partial charge in [-0.2, -0.15) is 5.26 Å². The third-order valence-electron chi connectivity index (χ3n) is 6.90. The van der Waals surface area contributed by atoms with E-state index in [1.165, 1.54) is 16.6 Å². The van der Waals surface area contributed by atoms with E-state index in [9.17, 15) is 10.1 Å². The molecule has 178 valence electrons. The number of hydrogen-bond donors (Lipinski definition) is 1. The molecule has 1 atom stereocenters. The molecule has 1 aromatic carbocycles. The van der Waals surface area contributed by atoms with Gasteiger partial charge in [-0.3, -0.25) is 4.79 Å². The first-order valence-electron chi connectivity index (χ1n) is 11.4. The van der Waals surface area contributed by atoms with E-state index in [1.54, 1.807) is 11.3 Å². The van der Waals surface area contributed by atoms with Crippen LogP contribution in [0.1, 0.15) is 49.6 Å². The van der Waals surface area contributed by atoms with Crippen LogP contribution in [0.25, 0.3) is 11.4 Å². The zero-order valence-electron chi connectivity index (χ0n) is 19.8. The summed E-state index contributed by atoms with van der Waals surface area (Å²) in [5.74, 6) is 1.31. The van der Waals surface area contributed by atoms with Crippen LogP contribution in [0.4, 0.5) is 5.00 Å². The second-order valence-corrected chi connectivity index (χ2v) is 11.8. The highest BCUT2D eigenvalue weighted by Gasteiger charge is 2.34. The van der Waals surface area contributed by atoms with E-state index in [1.807, 2.05) is 35.9 Å². The minimum Gasteiger partial charge on any atom is -0.316 e. The fourth-order valence-electron chi connectivity index (χ4n) is 4.36. The van der Waals surface area contributed by atoms with Crippen molar-refractivity contribution in [1.29, 1.82) is 5.26 Å². The monoisotopic (exact) mass is 513 g/mol. The lowest BCUT2D eigenvalue weighted by Gasteiger charge is -2.36. The number of anilines is 1. The topological polar surface area (TPSA) is 83.6 Å². The molecule has 9 heteroatoms. The smallest absolute Gasteiger partial charge is 0.235 e. The molecule has 3 aromatic rings. The molecule has 4 rings (SSSR count). The highest BCUT2D eigenvalue weighted by Crippen LogP contribution is 2.45. The molecule has 0 aliphatic heterocycles. The molecular formula is C25H28ClN5OS2. The van der Waals surface area contributed by atoms with Gasteiger partial charge in [-0.25, -0.2) is 0 Å². The van der Waals surface area contributed by atoms with Crippen LogP contribution in [-0.4, -0.2) is 26.4 Å². The molecule has 1 unspecified atom stereocenters. The van der Waals surface area contributed by atoms with E-state index in [4.69, 9.17) is 11.6 Å². The summed E-state index contributed by atoms with van der Waals surface area (Å²) in [6.07, 6.45) is 4.10. The molecule has 0 fully saturated rings. The van der Waals surface area contributed by atoms with Gasteiger partial charge in [0.15, 0.2) is 11.0 Å². The zero-order chi connectivity index (χ0) is 24.5. The lowest BCUT2D eigenvalue weighted by molar-refractivity contribution is -0.113. The SMILES string of the molecule is CCC(C)(C)C1CCc2c(sc(NC(=O)CSc3nnc(-c4cccc(Cl)c4)n3C)c2C#N)C1. The minimum atomic E-state index is -0.155. The van der Waals surface area contributed by atoms with E-state index < -0.39 is 0 Å². The Morgan fingerprint density at radius 1 is 1.41 bits per heavy atom. The number of nitrogens with one attached hydrogen (secondary N) is 1. The third-order valence-corrected chi connectivity index (χ3v) is 9.32. The average molecular weight is 514 g/mol. The number of aromatic nitrogens is 3. The number of carbonyl (C=O) groups is 1. The van der Waals surface area contributed by atoms with Gasteiger partial charge in [0.05, 0.1) is 11.3 Å². The van der Waals surface area contributed by atoms with Gasteiger partial charge in [0.25, 0.3) is 0 Å². The number of fused-ring (bicyclic) bond motifs is 1. The van der Waals surface area contributed by atoms with Crippen molar-refractivity contribution in [2.45, 2.75) is 51.6 Å². The normalized spacial score (nSPS) is 15.6. The standard InChI is InChI=1S/C25H28ClN5OS2/c1-5-25(2,3)16-9-10-18-19(13-27)23(34-20(18)12-16)28-21(32)14-33-24-30-29-22(31(24)4)15-7-6-8-17(26)11-15/h6-8,11,16H,5,9-10,12,14H2,1-4H3,(H,28,32). The number of halogens is 1. The van der Waals surface area contributed by atoms with Gasteiger partial charge in [0.2, 0.25) is 5.91 Å². The molecule has 34 heavy (non-hydrogen) atoms. The second kappa shape index (κ2) is 10.1.